The van der Waals surface area contributed by atoms with Crippen LogP contribution in [0.5, 0.6) is 11.5 Å². The van der Waals surface area contributed by atoms with E-state index in [2.05, 4.69) is 32.3 Å². The summed E-state index contributed by atoms with van der Waals surface area (Å²) in [5.74, 6) is 1.52. The lowest BCUT2D eigenvalue weighted by atomic mass is 10.3. The van der Waals surface area contributed by atoms with E-state index in [1.54, 1.807) is 6.20 Å². The zero-order valence-corrected chi connectivity index (χ0v) is 15.8. The normalized spacial score (nSPS) is 11.0. The lowest BCUT2D eigenvalue weighted by molar-refractivity contribution is 0.482. The van der Waals surface area contributed by atoms with E-state index in [4.69, 9.17) is 4.74 Å². The lowest BCUT2D eigenvalue weighted by Crippen LogP contribution is -1.91. The molecule has 0 fully saturated rings. The van der Waals surface area contributed by atoms with Gasteiger partial charge >= 0.3 is 0 Å². The van der Waals surface area contributed by atoms with E-state index < -0.39 is 0 Å². The van der Waals surface area contributed by atoms with Gasteiger partial charge in [0.15, 0.2) is 0 Å². The molecule has 0 bridgehead atoms. The van der Waals surface area contributed by atoms with Crippen LogP contribution in [0, 0.1) is 18.3 Å². The van der Waals surface area contributed by atoms with E-state index in [1.807, 2.05) is 60.8 Å². The van der Waals surface area contributed by atoms with Crippen LogP contribution >= 0.6 is 27.3 Å². The lowest BCUT2D eigenvalue weighted by Gasteiger charge is -2.07. The molecular formula is C19H14BrN3OS. The summed E-state index contributed by atoms with van der Waals surface area (Å²) in [6.07, 6.45) is 1.67. The maximum Gasteiger partial charge on any atom is 0.135 e. The minimum atomic E-state index is 0.508. The number of aromatic nitrogens is 1. The Morgan fingerprint density at radius 3 is 2.36 bits per heavy atom. The Labute approximate surface area is 158 Å². The Bertz CT molecular complexity index is 925. The number of halogens is 1. The number of hydrogen-bond acceptors (Lipinski definition) is 5. The predicted molar refractivity (Wildman–Crippen MR) is 105 cm³/mol. The van der Waals surface area contributed by atoms with Crippen LogP contribution in [0.2, 0.25) is 0 Å². The van der Waals surface area contributed by atoms with Crippen molar-refractivity contribution in [3.8, 4) is 17.6 Å². The van der Waals surface area contributed by atoms with E-state index >= 15 is 0 Å². The molecule has 6 heteroatoms. The first-order valence-corrected chi connectivity index (χ1v) is 9.14. The van der Waals surface area contributed by atoms with Crippen molar-refractivity contribution >= 4 is 38.5 Å². The van der Waals surface area contributed by atoms with Gasteiger partial charge in [0.1, 0.15) is 28.1 Å². The Kier molecular flexibility index (Phi) is 5.49. The molecule has 1 N–H and O–H groups in total. The van der Waals surface area contributed by atoms with E-state index in [0.717, 1.165) is 27.4 Å². The van der Waals surface area contributed by atoms with Crippen molar-refractivity contribution in [2.24, 2.45) is 0 Å². The standard InChI is InChI=1S/C19H14BrN3OS/c1-13-12-25-19(23-13)14(10-21)11-22-16-4-8-18(9-5-16)24-17-6-2-15(20)3-7-17/h2-9,11-12,22H,1H3/b14-11+. The van der Waals surface area contributed by atoms with Gasteiger partial charge in [0.05, 0.1) is 0 Å². The van der Waals surface area contributed by atoms with Crippen molar-refractivity contribution < 1.29 is 4.74 Å². The monoisotopic (exact) mass is 411 g/mol. The van der Waals surface area contributed by atoms with Crippen LogP contribution in [0.3, 0.4) is 0 Å². The maximum atomic E-state index is 9.28. The van der Waals surface area contributed by atoms with Crippen molar-refractivity contribution in [1.82, 2.24) is 4.98 Å². The van der Waals surface area contributed by atoms with E-state index in [-0.39, 0.29) is 0 Å². The Balaban J connectivity index is 1.67. The average Bonchev–Trinajstić information content (AvgIpc) is 3.05. The number of aryl methyl sites for hydroxylation is 1. The van der Waals surface area contributed by atoms with Gasteiger partial charge in [0, 0.05) is 27.4 Å². The van der Waals surface area contributed by atoms with Gasteiger partial charge in [-0.2, -0.15) is 5.26 Å². The highest BCUT2D eigenvalue weighted by Gasteiger charge is 2.05. The molecule has 0 spiro atoms. The molecule has 0 atom stereocenters. The molecule has 0 saturated carbocycles. The minimum absolute atomic E-state index is 0.508. The summed E-state index contributed by atoms with van der Waals surface area (Å²) in [5.41, 5.74) is 2.29. The van der Waals surface area contributed by atoms with Crippen LogP contribution in [-0.4, -0.2) is 4.98 Å². The van der Waals surface area contributed by atoms with Crippen molar-refractivity contribution in [1.29, 1.82) is 5.26 Å². The third-order valence-electron chi connectivity index (χ3n) is 3.26. The van der Waals surface area contributed by atoms with E-state index in [0.29, 0.717) is 10.6 Å². The fourth-order valence-corrected chi connectivity index (χ4v) is 3.06. The summed E-state index contributed by atoms with van der Waals surface area (Å²) in [6.45, 7) is 1.91. The molecule has 1 aromatic heterocycles. The predicted octanol–water partition coefficient (Wildman–Crippen LogP) is 5.98. The van der Waals surface area contributed by atoms with Crippen molar-refractivity contribution in [2.45, 2.75) is 6.92 Å². The number of rotatable bonds is 5. The molecule has 0 saturated heterocycles. The second kappa shape index (κ2) is 7.97. The van der Waals surface area contributed by atoms with Crippen molar-refractivity contribution in [3.05, 3.63) is 75.3 Å². The highest BCUT2D eigenvalue weighted by molar-refractivity contribution is 9.10. The smallest absolute Gasteiger partial charge is 0.135 e. The van der Waals surface area contributed by atoms with Gasteiger partial charge in [0.2, 0.25) is 0 Å². The second-order valence-electron chi connectivity index (χ2n) is 5.19. The molecule has 3 rings (SSSR count). The highest BCUT2D eigenvalue weighted by atomic mass is 79.9. The number of benzene rings is 2. The van der Waals surface area contributed by atoms with Gasteiger partial charge in [-0.3, -0.25) is 0 Å². The Hall–Kier alpha value is -2.62. The van der Waals surface area contributed by atoms with Gasteiger partial charge < -0.3 is 10.1 Å². The van der Waals surface area contributed by atoms with Gasteiger partial charge in [-0.05, 0) is 55.5 Å². The average molecular weight is 412 g/mol. The van der Waals surface area contributed by atoms with Crippen LogP contribution in [-0.2, 0) is 0 Å². The third-order valence-corrected chi connectivity index (χ3v) is 4.78. The summed E-state index contributed by atoms with van der Waals surface area (Å²) < 4.78 is 6.79. The number of anilines is 1. The topological polar surface area (TPSA) is 57.9 Å². The van der Waals surface area contributed by atoms with E-state index in [9.17, 15) is 5.26 Å². The third kappa shape index (κ3) is 4.69. The first kappa shape index (κ1) is 17.2. The SMILES string of the molecule is Cc1csc(/C(C#N)=C/Nc2ccc(Oc3ccc(Br)cc3)cc2)n1. The van der Waals surface area contributed by atoms with E-state index in [1.165, 1.54) is 11.3 Å². The van der Waals surface area contributed by atoms with Crippen LogP contribution in [0.25, 0.3) is 5.57 Å². The molecule has 0 radical (unpaired) electrons. The van der Waals surface area contributed by atoms with Crippen LogP contribution in [0.4, 0.5) is 5.69 Å². The summed E-state index contributed by atoms with van der Waals surface area (Å²) in [5, 5.41) is 15.0. The number of hydrogen-bond donors (Lipinski definition) is 1. The molecule has 2 aromatic carbocycles. The summed E-state index contributed by atoms with van der Waals surface area (Å²) in [6, 6.07) is 17.4. The quantitative estimate of drug-likeness (QED) is 0.524. The molecule has 1 heterocycles. The molecule has 0 unspecified atom stereocenters. The molecule has 0 aliphatic carbocycles. The number of thiazole rings is 1. The molecule has 0 aliphatic rings. The van der Waals surface area contributed by atoms with Gasteiger partial charge in [-0.1, -0.05) is 15.9 Å². The molecular weight excluding hydrogens is 398 g/mol. The summed E-state index contributed by atoms with van der Waals surface area (Å²) >= 11 is 4.85. The molecule has 4 nitrogen and oxygen atoms in total. The molecule has 0 aliphatic heterocycles. The first-order valence-electron chi connectivity index (χ1n) is 7.47. The van der Waals surface area contributed by atoms with Crippen LogP contribution in [0.15, 0.2) is 64.6 Å². The van der Waals surface area contributed by atoms with Crippen LogP contribution in [0.1, 0.15) is 10.7 Å². The van der Waals surface area contributed by atoms with Crippen molar-refractivity contribution in [2.75, 3.05) is 5.32 Å². The summed E-state index contributed by atoms with van der Waals surface area (Å²) in [4.78, 5) is 4.33. The zero-order valence-electron chi connectivity index (χ0n) is 13.4. The Morgan fingerprint density at radius 2 is 1.80 bits per heavy atom. The largest absolute Gasteiger partial charge is 0.457 e. The maximum absolute atomic E-state index is 9.28. The van der Waals surface area contributed by atoms with Crippen LogP contribution < -0.4 is 10.1 Å². The first-order chi connectivity index (χ1) is 12.1. The number of nitrogens with one attached hydrogen (secondary N) is 1. The molecule has 0 amide bonds. The molecule has 25 heavy (non-hydrogen) atoms. The molecule has 3 aromatic rings. The van der Waals surface area contributed by atoms with Crippen molar-refractivity contribution in [3.63, 3.8) is 0 Å². The number of ether oxygens (including phenoxy) is 1. The zero-order chi connectivity index (χ0) is 17.6. The number of nitrogens with zero attached hydrogens (tertiary/aromatic N) is 2. The minimum Gasteiger partial charge on any atom is -0.457 e. The van der Waals surface area contributed by atoms with Gasteiger partial charge in [-0.15, -0.1) is 11.3 Å². The second-order valence-corrected chi connectivity index (χ2v) is 6.96. The molecule has 124 valence electrons. The fraction of sp³-hybridized carbons (Fsp3) is 0.0526. The summed E-state index contributed by atoms with van der Waals surface area (Å²) in [7, 11) is 0. The van der Waals surface area contributed by atoms with Gasteiger partial charge in [0.25, 0.3) is 0 Å². The number of nitriles is 1. The Morgan fingerprint density at radius 1 is 1.16 bits per heavy atom. The fourth-order valence-electron chi connectivity index (χ4n) is 2.03. The number of allylic oxidation sites excluding steroid dienone is 1. The van der Waals surface area contributed by atoms with Gasteiger partial charge in [-0.25, -0.2) is 4.98 Å². The highest BCUT2D eigenvalue weighted by Crippen LogP contribution is 2.25.